The van der Waals surface area contributed by atoms with Crippen molar-refractivity contribution in [1.29, 1.82) is 0 Å². The maximum Gasteiger partial charge on any atom is 0.0491 e. The lowest BCUT2D eigenvalue weighted by Crippen LogP contribution is -2.19. The molecule has 1 aliphatic rings. The number of nitrogens with zero attached hydrogens (tertiary/aromatic N) is 1. The van der Waals surface area contributed by atoms with Crippen LogP contribution in [0, 0.1) is 5.92 Å². The Labute approximate surface area is 110 Å². The molecular formula is C14H16BrNO. The highest BCUT2D eigenvalue weighted by Gasteiger charge is 2.15. The average Bonchev–Trinajstić information content (AvgIpc) is 2.73. The molecule has 17 heavy (non-hydrogen) atoms. The number of hydrogen-bond acceptors (Lipinski definition) is 1. The number of hydrogen-bond donors (Lipinski definition) is 0. The summed E-state index contributed by atoms with van der Waals surface area (Å²) in [5.74, 6) is 0.762. The molecule has 0 atom stereocenters. The molecule has 3 heteroatoms. The van der Waals surface area contributed by atoms with Gasteiger partial charge in [0.2, 0.25) is 0 Å². The van der Waals surface area contributed by atoms with E-state index >= 15 is 0 Å². The smallest absolute Gasteiger partial charge is 0.0491 e. The Kier molecular flexibility index (Phi) is 3.21. The zero-order valence-corrected chi connectivity index (χ0v) is 11.3. The Morgan fingerprint density at radius 1 is 1.24 bits per heavy atom. The van der Waals surface area contributed by atoms with E-state index in [-0.39, 0.29) is 0 Å². The van der Waals surface area contributed by atoms with Crippen molar-refractivity contribution in [1.82, 2.24) is 4.57 Å². The van der Waals surface area contributed by atoms with Crippen molar-refractivity contribution in [2.75, 3.05) is 13.2 Å². The third kappa shape index (κ3) is 2.40. The van der Waals surface area contributed by atoms with Gasteiger partial charge in [-0.3, -0.25) is 0 Å². The summed E-state index contributed by atoms with van der Waals surface area (Å²) in [4.78, 5) is 0. The first-order valence-corrected chi connectivity index (χ1v) is 6.94. The number of ether oxygens (including phenoxy) is 1. The van der Waals surface area contributed by atoms with Gasteiger partial charge in [-0.2, -0.15) is 0 Å². The van der Waals surface area contributed by atoms with E-state index in [1.54, 1.807) is 0 Å². The first-order valence-electron chi connectivity index (χ1n) is 6.15. The van der Waals surface area contributed by atoms with E-state index in [9.17, 15) is 0 Å². The predicted molar refractivity (Wildman–Crippen MR) is 73.2 cm³/mol. The molecule has 2 aromatic rings. The lowest BCUT2D eigenvalue weighted by molar-refractivity contribution is 0.0616. The Morgan fingerprint density at radius 3 is 2.88 bits per heavy atom. The SMILES string of the molecule is Brc1ccc2ccn(CC3CCOCC3)c2c1. The Balaban J connectivity index is 1.86. The minimum Gasteiger partial charge on any atom is -0.381 e. The first kappa shape index (κ1) is 11.3. The van der Waals surface area contributed by atoms with E-state index in [1.807, 2.05) is 0 Å². The maximum atomic E-state index is 5.41. The van der Waals surface area contributed by atoms with Gasteiger partial charge in [0, 0.05) is 35.9 Å². The van der Waals surface area contributed by atoms with Gasteiger partial charge in [0.25, 0.3) is 0 Å². The van der Waals surface area contributed by atoms with Crippen molar-refractivity contribution in [3.05, 3.63) is 34.9 Å². The van der Waals surface area contributed by atoms with Crippen molar-refractivity contribution in [3.63, 3.8) is 0 Å². The molecule has 0 saturated carbocycles. The van der Waals surface area contributed by atoms with E-state index < -0.39 is 0 Å². The number of halogens is 1. The molecule has 0 radical (unpaired) electrons. The van der Waals surface area contributed by atoms with E-state index in [1.165, 1.54) is 23.7 Å². The van der Waals surface area contributed by atoms with Crippen molar-refractivity contribution < 1.29 is 4.74 Å². The van der Waals surface area contributed by atoms with Gasteiger partial charge in [-0.15, -0.1) is 0 Å². The Bertz CT molecular complexity index is 514. The molecule has 1 saturated heterocycles. The second-order valence-corrected chi connectivity index (χ2v) is 5.64. The monoisotopic (exact) mass is 293 g/mol. The molecule has 1 aromatic heterocycles. The normalized spacial score (nSPS) is 17.7. The van der Waals surface area contributed by atoms with Crippen LogP contribution in [-0.2, 0) is 11.3 Å². The van der Waals surface area contributed by atoms with Crippen LogP contribution in [0.2, 0.25) is 0 Å². The molecule has 2 nitrogen and oxygen atoms in total. The molecule has 0 bridgehead atoms. The van der Waals surface area contributed by atoms with Gasteiger partial charge in [0.05, 0.1) is 0 Å². The molecule has 0 N–H and O–H groups in total. The molecule has 0 unspecified atom stereocenters. The van der Waals surface area contributed by atoms with Crippen molar-refractivity contribution in [2.45, 2.75) is 19.4 Å². The van der Waals surface area contributed by atoms with Crippen LogP contribution in [-0.4, -0.2) is 17.8 Å². The van der Waals surface area contributed by atoms with Gasteiger partial charge < -0.3 is 9.30 Å². The summed E-state index contributed by atoms with van der Waals surface area (Å²) in [5, 5.41) is 1.32. The molecule has 1 fully saturated rings. The van der Waals surface area contributed by atoms with Crippen LogP contribution in [0.5, 0.6) is 0 Å². The molecular weight excluding hydrogens is 278 g/mol. The zero-order chi connectivity index (χ0) is 11.7. The van der Waals surface area contributed by atoms with Gasteiger partial charge >= 0.3 is 0 Å². The number of fused-ring (bicyclic) bond motifs is 1. The highest BCUT2D eigenvalue weighted by molar-refractivity contribution is 9.10. The van der Waals surface area contributed by atoms with E-state index in [4.69, 9.17) is 4.74 Å². The number of aromatic nitrogens is 1. The average molecular weight is 294 g/mol. The van der Waals surface area contributed by atoms with Gasteiger partial charge in [-0.05, 0) is 42.3 Å². The van der Waals surface area contributed by atoms with Crippen molar-refractivity contribution in [3.8, 4) is 0 Å². The molecule has 2 heterocycles. The number of benzene rings is 1. The van der Waals surface area contributed by atoms with Crippen LogP contribution in [0.4, 0.5) is 0 Å². The molecule has 0 spiro atoms. The van der Waals surface area contributed by atoms with Gasteiger partial charge in [-0.25, -0.2) is 0 Å². The van der Waals surface area contributed by atoms with Crippen LogP contribution in [0.25, 0.3) is 10.9 Å². The minimum atomic E-state index is 0.762. The fourth-order valence-electron chi connectivity index (χ4n) is 2.52. The Morgan fingerprint density at radius 2 is 2.06 bits per heavy atom. The highest BCUT2D eigenvalue weighted by atomic mass is 79.9. The predicted octanol–water partition coefficient (Wildman–Crippen LogP) is 3.83. The van der Waals surface area contributed by atoms with Crippen LogP contribution >= 0.6 is 15.9 Å². The molecule has 1 aliphatic heterocycles. The lowest BCUT2D eigenvalue weighted by Gasteiger charge is -2.22. The first-order chi connectivity index (χ1) is 8.33. The third-order valence-corrected chi connectivity index (χ3v) is 4.02. The molecule has 0 amide bonds. The van der Waals surface area contributed by atoms with Crippen LogP contribution in [0.15, 0.2) is 34.9 Å². The summed E-state index contributed by atoms with van der Waals surface area (Å²) in [6, 6.07) is 8.66. The molecule has 0 aliphatic carbocycles. The number of rotatable bonds is 2. The maximum absolute atomic E-state index is 5.41. The summed E-state index contributed by atoms with van der Waals surface area (Å²) >= 11 is 3.54. The zero-order valence-electron chi connectivity index (χ0n) is 9.73. The summed E-state index contributed by atoms with van der Waals surface area (Å²) < 4.78 is 8.93. The van der Waals surface area contributed by atoms with Crippen molar-refractivity contribution >= 4 is 26.8 Å². The van der Waals surface area contributed by atoms with Gasteiger partial charge in [0.1, 0.15) is 0 Å². The fourth-order valence-corrected chi connectivity index (χ4v) is 2.87. The van der Waals surface area contributed by atoms with E-state index in [2.05, 4.69) is 51.0 Å². The summed E-state index contributed by atoms with van der Waals surface area (Å²) in [6.45, 7) is 2.96. The minimum absolute atomic E-state index is 0.762. The van der Waals surface area contributed by atoms with Crippen LogP contribution in [0.1, 0.15) is 12.8 Å². The summed E-state index contributed by atoms with van der Waals surface area (Å²) in [7, 11) is 0. The molecule has 90 valence electrons. The van der Waals surface area contributed by atoms with Crippen molar-refractivity contribution in [2.24, 2.45) is 5.92 Å². The quantitative estimate of drug-likeness (QED) is 0.821. The topological polar surface area (TPSA) is 14.2 Å². The third-order valence-electron chi connectivity index (χ3n) is 3.53. The highest BCUT2D eigenvalue weighted by Crippen LogP contribution is 2.24. The second-order valence-electron chi connectivity index (χ2n) is 4.73. The molecule has 1 aromatic carbocycles. The fraction of sp³-hybridized carbons (Fsp3) is 0.429. The van der Waals surface area contributed by atoms with Crippen LogP contribution in [0.3, 0.4) is 0 Å². The summed E-state index contributed by atoms with van der Waals surface area (Å²) in [6.07, 6.45) is 4.58. The van der Waals surface area contributed by atoms with E-state index in [0.717, 1.165) is 30.1 Å². The van der Waals surface area contributed by atoms with E-state index in [0.29, 0.717) is 0 Å². The second kappa shape index (κ2) is 4.83. The lowest BCUT2D eigenvalue weighted by atomic mass is 10.0. The van der Waals surface area contributed by atoms with Gasteiger partial charge in [0.15, 0.2) is 0 Å². The summed E-state index contributed by atoms with van der Waals surface area (Å²) in [5.41, 5.74) is 1.32. The Hall–Kier alpha value is -0.800. The van der Waals surface area contributed by atoms with Gasteiger partial charge in [-0.1, -0.05) is 22.0 Å². The molecule has 3 rings (SSSR count). The standard InChI is InChI=1S/C14H16BrNO/c15-13-2-1-12-3-6-16(14(12)9-13)10-11-4-7-17-8-5-11/h1-3,6,9,11H,4-5,7-8,10H2. The van der Waals surface area contributed by atoms with Crippen LogP contribution < -0.4 is 0 Å². The largest absolute Gasteiger partial charge is 0.381 e.